The first-order valence-corrected chi connectivity index (χ1v) is 7.71. The standard InChI is InChI=1S/C15H28F3NO/c1-4-5-12-6-7-14(20)13(8-12)9-19(11(2)3)10-15(16,17)18/h11-14,20H,4-10H2,1-3H3. The lowest BCUT2D eigenvalue weighted by Crippen LogP contribution is -2.45. The van der Waals surface area contributed by atoms with E-state index in [2.05, 4.69) is 6.92 Å². The molecule has 0 aromatic rings. The van der Waals surface area contributed by atoms with E-state index in [1.54, 1.807) is 13.8 Å². The molecular formula is C15H28F3NO. The molecule has 0 spiro atoms. The number of nitrogens with zero attached hydrogens (tertiary/aromatic N) is 1. The van der Waals surface area contributed by atoms with Crippen LogP contribution in [0, 0.1) is 11.8 Å². The van der Waals surface area contributed by atoms with E-state index in [4.69, 9.17) is 0 Å². The summed E-state index contributed by atoms with van der Waals surface area (Å²) in [5, 5.41) is 10.1. The van der Waals surface area contributed by atoms with Gasteiger partial charge in [0, 0.05) is 12.6 Å². The van der Waals surface area contributed by atoms with E-state index in [0.29, 0.717) is 12.5 Å². The molecule has 1 fully saturated rings. The van der Waals surface area contributed by atoms with E-state index in [1.807, 2.05) is 0 Å². The fourth-order valence-corrected chi connectivity index (χ4v) is 3.20. The van der Waals surface area contributed by atoms with Gasteiger partial charge in [0.05, 0.1) is 12.6 Å². The molecule has 120 valence electrons. The van der Waals surface area contributed by atoms with Crippen LogP contribution in [0.1, 0.15) is 52.9 Å². The molecule has 1 aliphatic carbocycles. The number of hydrogen-bond acceptors (Lipinski definition) is 2. The first kappa shape index (κ1) is 17.8. The van der Waals surface area contributed by atoms with Gasteiger partial charge in [-0.05, 0) is 44.9 Å². The van der Waals surface area contributed by atoms with Crippen molar-refractivity contribution in [1.82, 2.24) is 4.90 Å². The van der Waals surface area contributed by atoms with E-state index in [9.17, 15) is 18.3 Å². The Hall–Kier alpha value is -0.290. The average Bonchev–Trinajstić information content (AvgIpc) is 2.31. The van der Waals surface area contributed by atoms with Crippen molar-refractivity contribution in [3.63, 3.8) is 0 Å². The zero-order chi connectivity index (χ0) is 15.3. The minimum Gasteiger partial charge on any atom is -0.393 e. The highest BCUT2D eigenvalue weighted by atomic mass is 19.4. The summed E-state index contributed by atoms with van der Waals surface area (Å²) in [7, 11) is 0. The largest absolute Gasteiger partial charge is 0.401 e. The highest BCUT2D eigenvalue weighted by Gasteiger charge is 2.35. The molecule has 0 heterocycles. The van der Waals surface area contributed by atoms with Crippen molar-refractivity contribution >= 4 is 0 Å². The first-order chi connectivity index (χ1) is 9.23. The first-order valence-electron chi connectivity index (χ1n) is 7.71. The van der Waals surface area contributed by atoms with Crippen LogP contribution in [0.3, 0.4) is 0 Å². The second-order valence-electron chi connectivity index (χ2n) is 6.43. The summed E-state index contributed by atoms with van der Waals surface area (Å²) in [5.41, 5.74) is 0. The van der Waals surface area contributed by atoms with Crippen molar-refractivity contribution in [3.05, 3.63) is 0 Å². The van der Waals surface area contributed by atoms with Crippen molar-refractivity contribution in [2.75, 3.05) is 13.1 Å². The molecule has 0 aliphatic heterocycles. The summed E-state index contributed by atoms with van der Waals surface area (Å²) < 4.78 is 37.8. The highest BCUT2D eigenvalue weighted by Crippen LogP contribution is 2.33. The fourth-order valence-electron chi connectivity index (χ4n) is 3.20. The zero-order valence-corrected chi connectivity index (χ0v) is 12.8. The number of aliphatic hydroxyl groups is 1. The van der Waals surface area contributed by atoms with Crippen LogP contribution in [-0.4, -0.2) is 41.4 Å². The van der Waals surface area contributed by atoms with Gasteiger partial charge in [0.1, 0.15) is 0 Å². The van der Waals surface area contributed by atoms with Crippen LogP contribution in [0.4, 0.5) is 13.2 Å². The zero-order valence-electron chi connectivity index (χ0n) is 12.8. The summed E-state index contributed by atoms with van der Waals surface area (Å²) in [6.07, 6.45) is 0.189. The van der Waals surface area contributed by atoms with Crippen LogP contribution in [0.15, 0.2) is 0 Å². The van der Waals surface area contributed by atoms with Crippen LogP contribution in [0.5, 0.6) is 0 Å². The lowest BCUT2D eigenvalue weighted by Gasteiger charge is -2.38. The summed E-state index contributed by atoms with van der Waals surface area (Å²) in [4.78, 5) is 1.45. The van der Waals surface area contributed by atoms with Gasteiger partial charge >= 0.3 is 6.18 Å². The van der Waals surface area contributed by atoms with Gasteiger partial charge in [0.25, 0.3) is 0 Å². The van der Waals surface area contributed by atoms with Crippen LogP contribution >= 0.6 is 0 Å². The molecule has 3 atom stereocenters. The van der Waals surface area contributed by atoms with Gasteiger partial charge in [-0.15, -0.1) is 0 Å². The molecular weight excluding hydrogens is 267 g/mol. The number of aliphatic hydroxyl groups excluding tert-OH is 1. The third-order valence-corrected chi connectivity index (χ3v) is 4.33. The predicted molar refractivity (Wildman–Crippen MR) is 74.5 cm³/mol. The Morgan fingerprint density at radius 2 is 1.90 bits per heavy atom. The second-order valence-corrected chi connectivity index (χ2v) is 6.43. The van der Waals surface area contributed by atoms with E-state index >= 15 is 0 Å². The van der Waals surface area contributed by atoms with Crippen molar-refractivity contribution in [3.8, 4) is 0 Å². The fraction of sp³-hybridized carbons (Fsp3) is 1.00. The van der Waals surface area contributed by atoms with Crippen LogP contribution in [0.2, 0.25) is 0 Å². The average molecular weight is 295 g/mol. The molecule has 0 radical (unpaired) electrons. The number of alkyl halides is 3. The Labute approximate surface area is 120 Å². The topological polar surface area (TPSA) is 23.5 Å². The number of hydrogen-bond donors (Lipinski definition) is 1. The Morgan fingerprint density at radius 1 is 1.25 bits per heavy atom. The van der Waals surface area contributed by atoms with Gasteiger partial charge in [-0.3, -0.25) is 4.90 Å². The van der Waals surface area contributed by atoms with Crippen LogP contribution in [-0.2, 0) is 0 Å². The molecule has 1 saturated carbocycles. The third kappa shape index (κ3) is 6.00. The lowest BCUT2D eigenvalue weighted by molar-refractivity contribution is -0.153. The van der Waals surface area contributed by atoms with Gasteiger partial charge < -0.3 is 5.11 Å². The van der Waals surface area contributed by atoms with Gasteiger partial charge in [0.2, 0.25) is 0 Å². The molecule has 0 saturated heterocycles. The molecule has 1 aliphatic rings. The van der Waals surface area contributed by atoms with Crippen molar-refractivity contribution in [1.29, 1.82) is 0 Å². The van der Waals surface area contributed by atoms with Crippen molar-refractivity contribution < 1.29 is 18.3 Å². The van der Waals surface area contributed by atoms with Gasteiger partial charge in [-0.1, -0.05) is 19.8 Å². The predicted octanol–water partition coefficient (Wildman–Crippen LogP) is 3.84. The smallest absolute Gasteiger partial charge is 0.393 e. The summed E-state index contributed by atoms with van der Waals surface area (Å²) in [6.45, 7) is 5.16. The van der Waals surface area contributed by atoms with Crippen LogP contribution < -0.4 is 0 Å². The van der Waals surface area contributed by atoms with E-state index < -0.39 is 18.8 Å². The van der Waals surface area contributed by atoms with Gasteiger partial charge in [-0.25, -0.2) is 0 Å². The molecule has 0 aromatic heterocycles. The van der Waals surface area contributed by atoms with Crippen molar-refractivity contribution in [2.24, 2.45) is 11.8 Å². The molecule has 0 aromatic carbocycles. The SMILES string of the molecule is CCCC1CCC(O)C(CN(CC(F)(F)F)C(C)C)C1. The highest BCUT2D eigenvalue weighted by molar-refractivity contribution is 4.83. The molecule has 1 N–H and O–H groups in total. The maximum absolute atomic E-state index is 12.6. The monoisotopic (exact) mass is 295 g/mol. The maximum atomic E-state index is 12.6. The minimum atomic E-state index is -4.17. The molecule has 20 heavy (non-hydrogen) atoms. The summed E-state index contributed by atoms with van der Waals surface area (Å²) in [5.74, 6) is 0.540. The molecule has 3 unspecified atom stereocenters. The Morgan fingerprint density at radius 3 is 2.40 bits per heavy atom. The van der Waals surface area contributed by atoms with Crippen LogP contribution in [0.25, 0.3) is 0 Å². The molecule has 0 bridgehead atoms. The van der Waals surface area contributed by atoms with Gasteiger partial charge in [0.15, 0.2) is 0 Å². The molecule has 2 nitrogen and oxygen atoms in total. The number of halogens is 3. The summed E-state index contributed by atoms with van der Waals surface area (Å²) in [6, 6.07) is -0.157. The summed E-state index contributed by atoms with van der Waals surface area (Å²) >= 11 is 0. The minimum absolute atomic E-state index is 0.0231. The lowest BCUT2D eigenvalue weighted by atomic mass is 9.77. The third-order valence-electron chi connectivity index (χ3n) is 4.33. The Kier molecular flexibility index (Phi) is 6.79. The molecule has 5 heteroatoms. The van der Waals surface area contributed by atoms with E-state index in [0.717, 1.165) is 32.1 Å². The number of rotatable bonds is 6. The molecule has 0 amide bonds. The normalized spacial score (nSPS) is 28.4. The maximum Gasteiger partial charge on any atom is 0.401 e. The van der Waals surface area contributed by atoms with Crippen molar-refractivity contribution in [2.45, 2.75) is 71.2 Å². The molecule has 1 rings (SSSR count). The van der Waals surface area contributed by atoms with E-state index in [1.165, 1.54) is 4.90 Å². The quantitative estimate of drug-likeness (QED) is 0.805. The Bertz CT molecular complexity index is 281. The van der Waals surface area contributed by atoms with E-state index in [-0.39, 0.29) is 12.0 Å². The Balaban J connectivity index is 2.61. The van der Waals surface area contributed by atoms with Gasteiger partial charge in [-0.2, -0.15) is 13.2 Å². The second kappa shape index (κ2) is 7.64.